The van der Waals surface area contributed by atoms with Gasteiger partial charge in [-0.2, -0.15) is 0 Å². The van der Waals surface area contributed by atoms with Gasteiger partial charge in [-0.15, -0.1) is 0 Å². The van der Waals surface area contributed by atoms with Crippen molar-refractivity contribution in [2.75, 3.05) is 7.11 Å². The van der Waals surface area contributed by atoms with Gasteiger partial charge in [-0.3, -0.25) is 4.79 Å². The molecule has 0 saturated heterocycles. The van der Waals surface area contributed by atoms with Crippen LogP contribution in [-0.2, 0) is 10.0 Å². The lowest BCUT2D eigenvalue weighted by atomic mass is 10.1. The van der Waals surface area contributed by atoms with Crippen LogP contribution in [0.1, 0.15) is 24.2 Å². The molecule has 1 aromatic carbocycles. The summed E-state index contributed by atoms with van der Waals surface area (Å²) in [4.78, 5) is 11.7. The minimum Gasteiger partial charge on any atom is -0.494 e. The van der Waals surface area contributed by atoms with Gasteiger partial charge < -0.3 is 10.1 Å². The van der Waals surface area contributed by atoms with Gasteiger partial charge in [-0.25, -0.2) is 13.6 Å². The number of benzene rings is 1. The Kier molecular flexibility index (Phi) is 4.78. The van der Waals surface area contributed by atoms with Crippen molar-refractivity contribution in [3.63, 3.8) is 0 Å². The molecule has 0 saturated carbocycles. The molecule has 19 heavy (non-hydrogen) atoms. The SMILES string of the molecule is COc1c(C(=O)NC(C)C)cc(Cl)cc1S(N)(=O)=O. The van der Waals surface area contributed by atoms with E-state index in [1.165, 1.54) is 13.2 Å². The summed E-state index contributed by atoms with van der Waals surface area (Å²) in [6.07, 6.45) is 0. The highest BCUT2D eigenvalue weighted by Crippen LogP contribution is 2.31. The van der Waals surface area contributed by atoms with Crippen molar-refractivity contribution in [1.29, 1.82) is 0 Å². The quantitative estimate of drug-likeness (QED) is 0.871. The fourth-order valence-electron chi connectivity index (χ4n) is 1.50. The summed E-state index contributed by atoms with van der Waals surface area (Å²) in [5, 5.41) is 7.78. The van der Waals surface area contributed by atoms with Crippen molar-refractivity contribution in [1.82, 2.24) is 5.32 Å². The van der Waals surface area contributed by atoms with E-state index in [0.717, 1.165) is 6.07 Å². The number of ether oxygens (including phenoxy) is 1. The number of hydrogen-bond donors (Lipinski definition) is 2. The monoisotopic (exact) mass is 306 g/mol. The molecule has 0 aliphatic heterocycles. The number of primary sulfonamides is 1. The summed E-state index contributed by atoms with van der Waals surface area (Å²) in [5.74, 6) is -0.607. The molecule has 0 aliphatic rings. The first-order valence-electron chi connectivity index (χ1n) is 5.38. The van der Waals surface area contributed by atoms with Gasteiger partial charge in [-0.1, -0.05) is 11.6 Å². The van der Waals surface area contributed by atoms with Gasteiger partial charge in [0, 0.05) is 11.1 Å². The van der Waals surface area contributed by atoms with Gasteiger partial charge in [0.15, 0.2) is 5.75 Å². The van der Waals surface area contributed by atoms with E-state index in [-0.39, 0.29) is 27.3 Å². The zero-order chi connectivity index (χ0) is 14.8. The number of nitrogens with one attached hydrogen (secondary N) is 1. The summed E-state index contributed by atoms with van der Waals surface area (Å²) >= 11 is 5.81. The highest BCUT2D eigenvalue weighted by atomic mass is 35.5. The van der Waals surface area contributed by atoms with E-state index in [1.807, 2.05) is 0 Å². The molecule has 0 unspecified atom stereocenters. The number of sulfonamides is 1. The topological polar surface area (TPSA) is 98.5 Å². The molecule has 0 radical (unpaired) electrons. The van der Waals surface area contributed by atoms with Crippen molar-refractivity contribution in [2.45, 2.75) is 24.8 Å². The van der Waals surface area contributed by atoms with E-state index in [4.69, 9.17) is 21.5 Å². The molecule has 0 heterocycles. The third-order valence-electron chi connectivity index (χ3n) is 2.19. The molecule has 0 aromatic heterocycles. The maximum absolute atomic E-state index is 12.0. The van der Waals surface area contributed by atoms with Crippen LogP contribution in [0.25, 0.3) is 0 Å². The molecule has 0 aliphatic carbocycles. The fourth-order valence-corrected chi connectivity index (χ4v) is 2.52. The Morgan fingerprint density at radius 2 is 2.00 bits per heavy atom. The highest BCUT2D eigenvalue weighted by molar-refractivity contribution is 7.89. The van der Waals surface area contributed by atoms with Crippen molar-refractivity contribution >= 4 is 27.5 Å². The van der Waals surface area contributed by atoms with E-state index in [1.54, 1.807) is 13.8 Å². The summed E-state index contributed by atoms with van der Waals surface area (Å²) in [5.41, 5.74) is 0.0210. The number of amides is 1. The Bertz CT molecular complexity index is 599. The summed E-state index contributed by atoms with van der Waals surface area (Å²) in [6, 6.07) is 2.35. The summed E-state index contributed by atoms with van der Waals surface area (Å²) < 4.78 is 27.9. The molecule has 0 spiro atoms. The predicted molar refractivity (Wildman–Crippen MR) is 72.0 cm³/mol. The highest BCUT2D eigenvalue weighted by Gasteiger charge is 2.23. The lowest BCUT2D eigenvalue weighted by Crippen LogP contribution is -2.30. The standard InChI is InChI=1S/C11H15ClN2O4S/c1-6(2)14-11(15)8-4-7(12)5-9(10(8)18-3)19(13,16)17/h4-6H,1-3H3,(H,14,15)(H2,13,16,17). The molecule has 6 nitrogen and oxygen atoms in total. The second-order valence-corrected chi connectivity index (χ2v) is 6.12. The van der Waals surface area contributed by atoms with Crippen LogP contribution < -0.4 is 15.2 Å². The van der Waals surface area contributed by atoms with Crippen LogP contribution >= 0.6 is 11.6 Å². The number of carbonyl (C=O) groups excluding carboxylic acids is 1. The van der Waals surface area contributed by atoms with Crippen molar-refractivity contribution in [2.24, 2.45) is 5.14 Å². The minimum absolute atomic E-state index is 0.0210. The molecule has 0 atom stereocenters. The van der Waals surface area contributed by atoms with Gasteiger partial charge >= 0.3 is 0 Å². The number of rotatable bonds is 4. The Morgan fingerprint density at radius 3 is 2.42 bits per heavy atom. The zero-order valence-electron chi connectivity index (χ0n) is 10.7. The van der Waals surface area contributed by atoms with Crippen LogP contribution in [0.5, 0.6) is 5.75 Å². The summed E-state index contributed by atoms with van der Waals surface area (Å²) in [6.45, 7) is 3.55. The van der Waals surface area contributed by atoms with E-state index in [0.29, 0.717) is 0 Å². The Labute approximate surface area is 116 Å². The van der Waals surface area contributed by atoms with Crippen molar-refractivity contribution in [3.05, 3.63) is 22.7 Å². The van der Waals surface area contributed by atoms with Crippen LogP contribution in [0.3, 0.4) is 0 Å². The Morgan fingerprint density at radius 1 is 1.42 bits per heavy atom. The smallest absolute Gasteiger partial charge is 0.255 e. The van der Waals surface area contributed by atoms with E-state index < -0.39 is 15.9 Å². The number of nitrogens with two attached hydrogens (primary N) is 1. The molecular weight excluding hydrogens is 292 g/mol. The normalized spacial score (nSPS) is 11.5. The van der Waals surface area contributed by atoms with Crippen LogP contribution in [0.2, 0.25) is 5.02 Å². The number of halogens is 1. The number of hydrogen-bond acceptors (Lipinski definition) is 4. The second-order valence-electron chi connectivity index (χ2n) is 4.16. The van der Waals surface area contributed by atoms with Crippen molar-refractivity contribution in [3.8, 4) is 5.75 Å². The van der Waals surface area contributed by atoms with Gasteiger partial charge in [0.05, 0.1) is 12.7 Å². The first-order chi connectivity index (χ1) is 8.66. The number of methoxy groups -OCH3 is 1. The molecule has 3 N–H and O–H groups in total. The van der Waals surface area contributed by atoms with Gasteiger partial charge in [0.1, 0.15) is 4.90 Å². The molecule has 1 rings (SSSR count). The Balaban J connectivity index is 3.48. The average molecular weight is 307 g/mol. The lowest BCUT2D eigenvalue weighted by Gasteiger charge is -2.14. The summed E-state index contributed by atoms with van der Waals surface area (Å²) in [7, 11) is -2.79. The average Bonchev–Trinajstić information content (AvgIpc) is 2.25. The first-order valence-corrected chi connectivity index (χ1v) is 7.30. The number of carbonyl (C=O) groups is 1. The molecule has 106 valence electrons. The van der Waals surface area contributed by atoms with Gasteiger partial charge in [0.2, 0.25) is 10.0 Å². The van der Waals surface area contributed by atoms with E-state index in [2.05, 4.69) is 5.32 Å². The zero-order valence-corrected chi connectivity index (χ0v) is 12.3. The lowest BCUT2D eigenvalue weighted by molar-refractivity contribution is 0.0939. The predicted octanol–water partition coefficient (Wildman–Crippen LogP) is 1.13. The molecule has 0 fully saturated rings. The molecule has 0 bridgehead atoms. The maximum atomic E-state index is 12.0. The minimum atomic E-state index is -4.04. The second kappa shape index (κ2) is 5.77. The van der Waals surface area contributed by atoms with Gasteiger partial charge in [0.25, 0.3) is 5.91 Å². The molecular formula is C11H15ClN2O4S. The molecule has 1 amide bonds. The van der Waals surface area contributed by atoms with Gasteiger partial charge in [-0.05, 0) is 26.0 Å². The molecule has 8 heteroatoms. The third-order valence-corrected chi connectivity index (χ3v) is 3.33. The van der Waals surface area contributed by atoms with E-state index >= 15 is 0 Å². The van der Waals surface area contributed by atoms with Crippen molar-refractivity contribution < 1.29 is 17.9 Å². The maximum Gasteiger partial charge on any atom is 0.255 e. The van der Waals surface area contributed by atoms with Crippen LogP contribution in [-0.4, -0.2) is 27.5 Å². The largest absolute Gasteiger partial charge is 0.494 e. The third kappa shape index (κ3) is 3.82. The van der Waals surface area contributed by atoms with E-state index in [9.17, 15) is 13.2 Å². The van der Waals surface area contributed by atoms with Crippen LogP contribution in [0, 0.1) is 0 Å². The first kappa shape index (κ1) is 15.7. The van der Waals surface area contributed by atoms with Crippen LogP contribution in [0.4, 0.5) is 0 Å². The van der Waals surface area contributed by atoms with Crippen LogP contribution in [0.15, 0.2) is 17.0 Å². The fraction of sp³-hybridized carbons (Fsp3) is 0.364. The Hall–Kier alpha value is -1.31. The molecule has 1 aromatic rings.